The molecule has 0 saturated heterocycles. The second-order valence-corrected chi connectivity index (χ2v) is 4.73. The Balaban J connectivity index is 3.00. The summed E-state index contributed by atoms with van der Waals surface area (Å²) in [7, 11) is 1.67. The molecule has 0 amide bonds. The molecule has 1 atom stereocenters. The van der Waals surface area contributed by atoms with Crippen molar-refractivity contribution in [2.45, 2.75) is 33.2 Å². The first-order chi connectivity index (χ1) is 9.71. The topological polar surface area (TPSA) is 47.7 Å². The number of likely N-dealkylation sites (N-methyl/N-ethyl adjacent to an activating group) is 1. The van der Waals surface area contributed by atoms with Gasteiger partial charge in [-0.2, -0.15) is 0 Å². The smallest absolute Gasteiger partial charge is 0.161 e. The molecule has 0 heterocycles. The Morgan fingerprint density at radius 3 is 2.35 bits per heavy atom. The van der Waals surface area contributed by atoms with Gasteiger partial charge in [-0.3, -0.25) is 4.90 Å². The molecule has 1 rings (SSSR count). The first-order valence-electron chi connectivity index (χ1n) is 7.46. The van der Waals surface area contributed by atoms with E-state index in [-0.39, 0.29) is 6.04 Å². The Bertz CT molecular complexity index is 392. The van der Waals surface area contributed by atoms with E-state index < -0.39 is 0 Å². The van der Waals surface area contributed by atoms with E-state index >= 15 is 0 Å². The van der Waals surface area contributed by atoms with Gasteiger partial charge >= 0.3 is 0 Å². The van der Waals surface area contributed by atoms with Crippen molar-refractivity contribution in [3.05, 3.63) is 23.8 Å². The molecule has 0 radical (unpaired) electrons. The zero-order chi connectivity index (χ0) is 15.0. The van der Waals surface area contributed by atoms with Crippen LogP contribution in [-0.4, -0.2) is 38.3 Å². The summed E-state index contributed by atoms with van der Waals surface area (Å²) in [6.07, 6.45) is 0.982. The first kappa shape index (κ1) is 16.8. The predicted octanol–water partition coefficient (Wildman–Crippen LogP) is 2.83. The van der Waals surface area contributed by atoms with Crippen molar-refractivity contribution < 1.29 is 9.47 Å². The second kappa shape index (κ2) is 8.82. The van der Waals surface area contributed by atoms with E-state index in [1.54, 1.807) is 7.11 Å². The number of rotatable bonds is 9. The average molecular weight is 280 g/mol. The monoisotopic (exact) mass is 280 g/mol. The number of methoxy groups -OCH3 is 1. The van der Waals surface area contributed by atoms with Crippen molar-refractivity contribution in [3.63, 3.8) is 0 Å². The highest BCUT2D eigenvalue weighted by molar-refractivity contribution is 5.44. The van der Waals surface area contributed by atoms with Crippen LogP contribution >= 0.6 is 0 Å². The van der Waals surface area contributed by atoms with E-state index in [0.717, 1.165) is 31.0 Å². The van der Waals surface area contributed by atoms with Gasteiger partial charge in [-0.1, -0.05) is 26.8 Å². The molecule has 114 valence electrons. The standard InChI is InChI=1S/C16H28N2O2/c1-5-10-20-15-9-8-13(11-16(15)19-4)14(12-17)18(6-2)7-3/h8-9,11,14H,5-7,10,12,17H2,1-4H3. The van der Waals surface area contributed by atoms with Crippen LogP contribution in [0, 0.1) is 0 Å². The Labute approximate surface area is 122 Å². The van der Waals surface area contributed by atoms with Crippen LogP contribution in [0.15, 0.2) is 18.2 Å². The number of benzene rings is 1. The Morgan fingerprint density at radius 2 is 1.85 bits per heavy atom. The average Bonchev–Trinajstić information content (AvgIpc) is 2.50. The summed E-state index contributed by atoms with van der Waals surface area (Å²) in [5, 5.41) is 0. The first-order valence-corrected chi connectivity index (χ1v) is 7.46. The van der Waals surface area contributed by atoms with Gasteiger partial charge in [0.2, 0.25) is 0 Å². The van der Waals surface area contributed by atoms with E-state index in [9.17, 15) is 0 Å². The highest BCUT2D eigenvalue weighted by Crippen LogP contribution is 2.31. The van der Waals surface area contributed by atoms with Crippen molar-refractivity contribution in [2.24, 2.45) is 5.73 Å². The summed E-state index contributed by atoms with van der Waals surface area (Å²) in [5.74, 6) is 1.58. The lowest BCUT2D eigenvalue weighted by atomic mass is 10.0. The highest BCUT2D eigenvalue weighted by atomic mass is 16.5. The summed E-state index contributed by atoms with van der Waals surface area (Å²) < 4.78 is 11.1. The third kappa shape index (κ3) is 4.12. The van der Waals surface area contributed by atoms with Crippen LogP contribution in [0.4, 0.5) is 0 Å². The minimum Gasteiger partial charge on any atom is -0.493 e. The molecule has 20 heavy (non-hydrogen) atoms. The van der Waals surface area contributed by atoms with E-state index in [2.05, 4.69) is 31.7 Å². The van der Waals surface area contributed by atoms with Crippen LogP contribution in [0.5, 0.6) is 11.5 Å². The zero-order valence-corrected chi connectivity index (χ0v) is 13.2. The second-order valence-electron chi connectivity index (χ2n) is 4.73. The molecule has 0 saturated carbocycles. The molecule has 0 aromatic heterocycles. The Morgan fingerprint density at radius 1 is 1.15 bits per heavy atom. The molecule has 1 aromatic carbocycles. The van der Waals surface area contributed by atoms with Crippen molar-refractivity contribution in [1.29, 1.82) is 0 Å². The van der Waals surface area contributed by atoms with Crippen LogP contribution in [0.25, 0.3) is 0 Å². The molecule has 0 spiro atoms. The van der Waals surface area contributed by atoms with Gasteiger partial charge in [0.25, 0.3) is 0 Å². The molecule has 2 N–H and O–H groups in total. The minimum atomic E-state index is 0.221. The number of hydrogen-bond acceptors (Lipinski definition) is 4. The third-order valence-electron chi connectivity index (χ3n) is 3.51. The molecule has 4 nitrogen and oxygen atoms in total. The maximum Gasteiger partial charge on any atom is 0.161 e. The van der Waals surface area contributed by atoms with Crippen LogP contribution in [0.3, 0.4) is 0 Å². The molecule has 0 bridgehead atoms. The Kier molecular flexibility index (Phi) is 7.41. The summed E-state index contributed by atoms with van der Waals surface area (Å²) in [4.78, 5) is 2.35. The van der Waals surface area contributed by atoms with Crippen LogP contribution < -0.4 is 15.2 Å². The molecular weight excluding hydrogens is 252 g/mol. The molecule has 0 aliphatic carbocycles. The van der Waals surface area contributed by atoms with Crippen molar-refractivity contribution >= 4 is 0 Å². The van der Waals surface area contributed by atoms with E-state index in [1.807, 2.05) is 12.1 Å². The molecular formula is C16H28N2O2. The summed E-state index contributed by atoms with van der Waals surface area (Å²) in [6, 6.07) is 6.33. The molecule has 0 aliphatic heterocycles. The molecule has 0 fully saturated rings. The molecule has 0 aliphatic rings. The number of nitrogens with two attached hydrogens (primary N) is 1. The van der Waals surface area contributed by atoms with Crippen LogP contribution in [-0.2, 0) is 0 Å². The van der Waals surface area contributed by atoms with E-state index in [1.165, 1.54) is 5.56 Å². The molecule has 4 heteroatoms. The van der Waals surface area contributed by atoms with Gasteiger partial charge in [0, 0.05) is 12.6 Å². The van der Waals surface area contributed by atoms with Gasteiger partial charge in [0.05, 0.1) is 13.7 Å². The zero-order valence-electron chi connectivity index (χ0n) is 13.2. The van der Waals surface area contributed by atoms with Gasteiger partial charge in [-0.15, -0.1) is 0 Å². The lowest BCUT2D eigenvalue weighted by Crippen LogP contribution is -2.33. The van der Waals surface area contributed by atoms with E-state index in [0.29, 0.717) is 13.2 Å². The Hall–Kier alpha value is -1.26. The SMILES string of the molecule is CCCOc1ccc(C(CN)N(CC)CC)cc1OC. The summed E-state index contributed by atoms with van der Waals surface area (Å²) >= 11 is 0. The normalized spacial score (nSPS) is 12.5. The fraction of sp³-hybridized carbons (Fsp3) is 0.625. The summed E-state index contributed by atoms with van der Waals surface area (Å²) in [6.45, 7) is 9.66. The van der Waals surface area contributed by atoms with Gasteiger partial charge < -0.3 is 15.2 Å². The summed E-state index contributed by atoms with van der Waals surface area (Å²) in [5.41, 5.74) is 7.13. The number of ether oxygens (including phenoxy) is 2. The number of nitrogens with zero attached hydrogens (tertiary/aromatic N) is 1. The number of hydrogen-bond donors (Lipinski definition) is 1. The maximum absolute atomic E-state index is 5.95. The lowest BCUT2D eigenvalue weighted by molar-refractivity contribution is 0.223. The fourth-order valence-corrected chi connectivity index (χ4v) is 2.38. The highest BCUT2D eigenvalue weighted by Gasteiger charge is 2.18. The largest absolute Gasteiger partial charge is 0.493 e. The molecule has 1 unspecified atom stereocenters. The molecule has 1 aromatic rings. The van der Waals surface area contributed by atoms with Crippen molar-refractivity contribution in [1.82, 2.24) is 4.90 Å². The minimum absolute atomic E-state index is 0.221. The van der Waals surface area contributed by atoms with Crippen LogP contribution in [0.1, 0.15) is 38.8 Å². The fourth-order valence-electron chi connectivity index (χ4n) is 2.38. The predicted molar refractivity (Wildman–Crippen MR) is 83.5 cm³/mol. The quantitative estimate of drug-likeness (QED) is 0.755. The lowest BCUT2D eigenvalue weighted by Gasteiger charge is -2.29. The van der Waals surface area contributed by atoms with Gasteiger partial charge in [0.1, 0.15) is 0 Å². The van der Waals surface area contributed by atoms with Gasteiger partial charge in [-0.05, 0) is 37.2 Å². The van der Waals surface area contributed by atoms with Gasteiger partial charge in [0.15, 0.2) is 11.5 Å². The van der Waals surface area contributed by atoms with E-state index in [4.69, 9.17) is 15.2 Å². The van der Waals surface area contributed by atoms with Crippen molar-refractivity contribution in [3.8, 4) is 11.5 Å². The van der Waals surface area contributed by atoms with Crippen molar-refractivity contribution in [2.75, 3.05) is 33.4 Å². The third-order valence-corrected chi connectivity index (χ3v) is 3.51. The van der Waals surface area contributed by atoms with Crippen LogP contribution in [0.2, 0.25) is 0 Å². The maximum atomic E-state index is 5.95. The van der Waals surface area contributed by atoms with Gasteiger partial charge in [-0.25, -0.2) is 0 Å².